The predicted octanol–water partition coefficient (Wildman–Crippen LogP) is 4.50. The van der Waals surface area contributed by atoms with Crippen molar-refractivity contribution in [1.82, 2.24) is 0 Å². The smallest absolute Gasteiger partial charge is 0.305 e. The number of rotatable bonds is 12. The molecule has 0 rings (SSSR count). The molecule has 0 aromatic carbocycles. The average Bonchev–Trinajstić information content (AvgIpc) is 2.52. The van der Waals surface area contributed by atoms with E-state index in [4.69, 9.17) is 0 Å². The van der Waals surface area contributed by atoms with Crippen LogP contribution in [0.15, 0.2) is 48.6 Å². The van der Waals surface area contributed by atoms with Gasteiger partial charge >= 0.3 is 5.97 Å². The van der Waals surface area contributed by atoms with Crippen molar-refractivity contribution in [1.29, 1.82) is 0 Å². The van der Waals surface area contributed by atoms with Gasteiger partial charge in [0.1, 0.15) is 0 Å². The van der Waals surface area contributed by atoms with Crippen molar-refractivity contribution in [3.8, 4) is 0 Å². The first-order chi connectivity index (χ1) is 10.7. The van der Waals surface area contributed by atoms with E-state index in [1.807, 2.05) is 18.2 Å². The van der Waals surface area contributed by atoms with Crippen molar-refractivity contribution in [2.24, 2.45) is 0 Å². The van der Waals surface area contributed by atoms with Gasteiger partial charge in [0.2, 0.25) is 0 Å². The third kappa shape index (κ3) is 14.8. The van der Waals surface area contributed by atoms with Crippen molar-refractivity contribution < 1.29 is 14.6 Å². The summed E-state index contributed by atoms with van der Waals surface area (Å²) in [5.41, 5.74) is 0. The summed E-state index contributed by atoms with van der Waals surface area (Å²) in [4.78, 5) is 10.9. The number of esters is 1. The molecule has 0 radical (unpaired) electrons. The lowest BCUT2D eigenvalue weighted by molar-refractivity contribution is -0.140. The molecule has 1 atom stereocenters. The van der Waals surface area contributed by atoms with E-state index < -0.39 is 6.10 Å². The largest absolute Gasteiger partial charge is 0.469 e. The average molecular weight is 306 g/mol. The summed E-state index contributed by atoms with van der Waals surface area (Å²) < 4.78 is 4.58. The third-order valence-electron chi connectivity index (χ3n) is 3.03. The van der Waals surface area contributed by atoms with Crippen LogP contribution in [0.25, 0.3) is 0 Å². The van der Waals surface area contributed by atoms with E-state index in [0.29, 0.717) is 12.8 Å². The molecule has 0 saturated heterocycles. The molecule has 22 heavy (non-hydrogen) atoms. The lowest BCUT2D eigenvalue weighted by Crippen LogP contribution is -1.98. The van der Waals surface area contributed by atoms with E-state index in [2.05, 4.69) is 36.0 Å². The highest BCUT2D eigenvalue weighted by atomic mass is 16.5. The normalized spacial score (nSPS) is 13.8. The van der Waals surface area contributed by atoms with Gasteiger partial charge in [0.25, 0.3) is 0 Å². The molecule has 124 valence electrons. The van der Waals surface area contributed by atoms with Crippen LogP contribution in [0.2, 0.25) is 0 Å². The molecule has 0 aliphatic rings. The highest BCUT2D eigenvalue weighted by Gasteiger charge is 1.97. The Bertz CT molecular complexity index is 378. The Morgan fingerprint density at radius 3 is 2.64 bits per heavy atom. The standard InChI is InChI=1S/C19H30O3/c1-3-4-12-15-18(20)16-13-10-8-6-5-7-9-11-14-17-19(21)22-2/h4-5,7-8,10,12-13,16,18,20H,3,6,9,11,14-15,17H2,1-2H3/b7-5-,10-8-,12-4-,16-13+/t18-/m0/s1. The minimum absolute atomic E-state index is 0.133. The SMILES string of the molecule is CC/C=C\C[C@H](O)/C=C/C=C\C/C=C\CCCCC(=O)OC. The predicted molar refractivity (Wildman–Crippen MR) is 92.6 cm³/mol. The zero-order chi connectivity index (χ0) is 16.5. The van der Waals surface area contributed by atoms with E-state index in [1.54, 1.807) is 6.08 Å². The van der Waals surface area contributed by atoms with E-state index in [-0.39, 0.29) is 5.97 Å². The Labute approximate surface area is 135 Å². The van der Waals surface area contributed by atoms with Gasteiger partial charge in [0, 0.05) is 6.42 Å². The van der Waals surface area contributed by atoms with Crippen LogP contribution in [-0.4, -0.2) is 24.3 Å². The number of hydrogen-bond donors (Lipinski definition) is 1. The van der Waals surface area contributed by atoms with Gasteiger partial charge in [-0.2, -0.15) is 0 Å². The second-order valence-corrected chi connectivity index (χ2v) is 5.02. The number of allylic oxidation sites excluding steroid dienone is 6. The zero-order valence-corrected chi connectivity index (χ0v) is 13.9. The molecule has 0 aliphatic carbocycles. The van der Waals surface area contributed by atoms with E-state index in [1.165, 1.54) is 7.11 Å². The van der Waals surface area contributed by atoms with E-state index >= 15 is 0 Å². The van der Waals surface area contributed by atoms with Crippen molar-refractivity contribution in [2.75, 3.05) is 7.11 Å². The second kappa shape index (κ2) is 15.8. The number of methoxy groups -OCH3 is 1. The summed E-state index contributed by atoms with van der Waals surface area (Å²) in [6.45, 7) is 2.08. The Morgan fingerprint density at radius 2 is 1.91 bits per heavy atom. The number of aliphatic hydroxyl groups excluding tert-OH is 1. The fourth-order valence-electron chi connectivity index (χ4n) is 1.76. The lowest BCUT2D eigenvalue weighted by atomic mass is 10.2. The third-order valence-corrected chi connectivity index (χ3v) is 3.03. The molecule has 0 saturated carbocycles. The molecule has 1 N–H and O–H groups in total. The van der Waals surface area contributed by atoms with Gasteiger partial charge in [-0.05, 0) is 38.5 Å². The molecule has 3 heteroatoms. The molecule has 0 aromatic heterocycles. The fraction of sp³-hybridized carbons (Fsp3) is 0.526. The quantitative estimate of drug-likeness (QED) is 0.250. The van der Waals surface area contributed by atoms with E-state index in [9.17, 15) is 9.90 Å². The molecule has 0 bridgehead atoms. The van der Waals surface area contributed by atoms with Crippen LogP contribution in [0.3, 0.4) is 0 Å². The molecule has 0 aliphatic heterocycles. The van der Waals surface area contributed by atoms with Crippen LogP contribution >= 0.6 is 0 Å². The minimum Gasteiger partial charge on any atom is -0.469 e. The van der Waals surface area contributed by atoms with Crippen molar-refractivity contribution in [3.63, 3.8) is 0 Å². The fourth-order valence-corrected chi connectivity index (χ4v) is 1.76. The second-order valence-electron chi connectivity index (χ2n) is 5.02. The summed E-state index contributed by atoms with van der Waals surface area (Å²) in [5, 5.41) is 9.64. The molecule has 0 unspecified atom stereocenters. The molecule has 3 nitrogen and oxygen atoms in total. The van der Waals surface area contributed by atoms with Crippen LogP contribution in [0.5, 0.6) is 0 Å². The number of carbonyl (C=O) groups is 1. The molecule has 0 fully saturated rings. The first-order valence-electron chi connectivity index (χ1n) is 8.08. The Kier molecular flexibility index (Phi) is 14.6. The van der Waals surface area contributed by atoms with Crippen LogP contribution in [0, 0.1) is 0 Å². The summed E-state index contributed by atoms with van der Waals surface area (Å²) in [6.07, 6.45) is 21.5. The summed E-state index contributed by atoms with van der Waals surface area (Å²) >= 11 is 0. The minimum atomic E-state index is -0.405. The molecular weight excluding hydrogens is 276 g/mol. The van der Waals surface area contributed by atoms with Crippen molar-refractivity contribution in [3.05, 3.63) is 48.6 Å². The number of unbranched alkanes of at least 4 members (excludes halogenated alkanes) is 2. The maximum absolute atomic E-state index is 10.9. The van der Waals surface area contributed by atoms with Crippen molar-refractivity contribution >= 4 is 5.97 Å². The Hall–Kier alpha value is -1.61. The van der Waals surface area contributed by atoms with Crippen LogP contribution in [0.4, 0.5) is 0 Å². The maximum Gasteiger partial charge on any atom is 0.305 e. The van der Waals surface area contributed by atoms with Gasteiger partial charge < -0.3 is 9.84 Å². The summed E-state index contributed by atoms with van der Waals surface area (Å²) in [5.74, 6) is -0.133. The number of carbonyl (C=O) groups excluding carboxylic acids is 1. The highest BCUT2D eigenvalue weighted by molar-refractivity contribution is 5.68. The van der Waals surface area contributed by atoms with Crippen LogP contribution in [0.1, 0.15) is 51.9 Å². The van der Waals surface area contributed by atoms with Gasteiger partial charge in [-0.25, -0.2) is 0 Å². The molecular formula is C19H30O3. The first-order valence-corrected chi connectivity index (χ1v) is 8.08. The molecule has 0 amide bonds. The molecule has 0 aromatic rings. The summed E-state index contributed by atoms with van der Waals surface area (Å²) in [7, 11) is 1.42. The van der Waals surface area contributed by atoms with Gasteiger partial charge in [-0.1, -0.05) is 55.5 Å². The van der Waals surface area contributed by atoms with Crippen molar-refractivity contribution in [2.45, 2.75) is 58.0 Å². The maximum atomic E-state index is 10.9. The lowest BCUT2D eigenvalue weighted by Gasteiger charge is -1.98. The topological polar surface area (TPSA) is 46.5 Å². The summed E-state index contributed by atoms with van der Waals surface area (Å²) in [6, 6.07) is 0. The number of hydrogen-bond acceptors (Lipinski definition) is 3. The van der Waals surface area contributed by atoms with Gasteiger partial charge in [-0.3, -0.25) is 4.79 Å². The molecule has 0 spiro atoms. The van der Waals surface area contributed by atoms with Gasteiger partial charge in [-0.15, -0.1) is 0 Å². The van der Waals surface area contributed by atoms with Gasteiger partial charge in [0.15, 0.2) is 0 Å². The number of aliphatic hydroxyl groups is 1. The monoisotopic (exact) mass is 306 g/mol. The van der Waals surface area contributed by atoms with Crippen LogP contribution in [-0.2, 0) is 9.53 Å². The Balaban J connectivity index is 3.58. The van der Waals surface area contributed by atoms with Crippen LogP contribution < -0.4 is 0 Å². The Morgan fingerprint density at radius 1 is 1.09 bits per heavy atom. The van der Waals surface area contributed by atoms with Gasteiger partial charge in [0.05, 0.1) is 13.2 Å². The highest BCUT2D eigenvalue weighted by Crippen LogP contribution is 2.02. The number of ether oxygens (including phenoxy) is 1. The first kappa shape index (κ1) is 20.4. The zero-order valence-electron chi connectivity index (χ0n) is 13.9. The molecule has 0 heterocycles. The van der Waals surface area contributed by atoms with E-state index in [0.717, 1.165) is 32.1 Å².